The standard InChI is InChI=1S/C23H25N3O2S2/c1-26-22(28)20-16-10-4-5-12-18(16)30-21(20)25-23(26)29-13-19(27)24-17-11-6-8-14-7-2-3-9-15(14)17/h2-3,7,9,17H,4-6,8,10-13H2,1H3,(H,24,27). The highest BCUT2D eigenvalue weighted by atomic mass is 32.2. The molecule has 1 N–H and O–H groups in total. The number of nitrogens with one attached hydrogen (secondary N) is 1. The molecule has 0 saturated carbocycles. The van der Waals surface area contributed by atoms with Gasteiger partial charge in [-0.25, -0.2) is 4.98 Å². The quantitative estimate of drug-likeness (QED) is 0.490. The second-order valence-electron chi connectivity index (χ2n) is 8.15. The fraction of sp³-hybridized carbons (Fsp3) is 0.435. The van der Waals surface area contributed by atoms with Crippen LogP contribution in [-0.4, -0.2) is 21.2 Å². The van der Waals surface area contributed by atoms with Crippen molar-refractivity contribution in [3.8, 4) is 0 Å². The van der Waals surface area contributed by atoms with Crippen LogP contribution in [-0.2, 0) is 31.1 Å². The van der Waals surface area contributed by atoms with E-state index in [1.54, 1.807) is 23.0 Å². The summed E-state index contributed by atoms with van der Waals surface area (Å²) in [6.07, 6.45) is 7.49. The Morgan fingerprint density at radius 2 is 2.07 bits per heavy atom. The Balaban J connectivity index is 1.32. The first-order valence-electron chi connectivity index (χ1n) is 10.6. The molecule has 5 nitrogen and oxygen atoms in total. The van der Waals surface area contributed by atoms with Gasteiger partial charge >= 0.3 is 0 Å². The molecule has 0 bridgehead atoms. The minimum absolute atomic E-state index is 0.0125. The Morgan fingerprint density at radius 1 is 1.23 bits per heavy atom. The molecule has 1 aromatic carbocycles. The normalized spacial score (nSPS) is 18.1. The average Bonchev–Trinajstić information content (AvgIpc) is 3.14. The number of thiophene rings is 1. The van der Waals surface area contributed by atoms with E-state index in [9.17, 15) is 9.59 Å². The third-order valence-electron chi connectivity index (χ3n) is 6.19. The Labute approximate surface area is 183 Å². The van der Waals surface area contributed by atoms with Crippen molar-refractivity contribution in [3.05, 3.63) is 56.2 Å². The zero-order valence-electron chi connectivity index (χ0n) is 17.1. The third-order valence-corrected chi connectivity index (χ3v) is 8.41. The first-order valence-corrected chi connectivity index (χ1v) is 12.4. The molecule has 2 aromatic heterocycles. The number of carbonyl (C=O) groups excluding carboxylic acids is 1. The summed E-state index contributed by atoms with van der Waals surface area (Å²) in [4.78, 5) is 32.6. The minimum Gasteiger partial charge on any atom is -0.349 e. The maximum absolute atomic E-state index is 13.0. The lowest BCUT2D eigenvalue weighted by Crippen LogP contribution is -2.32. The molecule has 1 unspecified atom stereocenters. The molecule has 1 atom stereocenters. The van der Waals surface area contributed by atoms with E-state index in [0.29, 0.717) is 5.16 Å². The van der Waals surface area contributed by atoms with E-state index >= 15 is 0 Å². The van der Waals surface area contributed by atoms with E-state index in [1.165, 1.54) is 39.8 Å². The Hall–Kier alpha value is -2.12. The van der Waals surface area contributed by atoms with Crippen LogP contribution in [0.15, 0.2) is 34.2 Å². The molecule has 156 valence electrons. The predicted octanol–water partition coefficient (Wildman–Crippen LogP) is 4.16. The summed E-state index contributed by atoms with van der Waals surface area (Å²) < 4.78 is 1.61. The highest BCUT2D eigenvalue weighted by Crippen LogP contribution is 2.34. The third kappa shape index (κ3) is 3.58. The van der Waals surface area contributed by atoms with Crippen molar-refractivity contribution in [3.63, 3.8) is 0 Å². The Morgan fingerprint density at radius 3 is 2.97 bits per heavy atom. The van der Waals surface area contributed by atoms with Crippen molar-refractivity contribution >= 4 is 39.2 Å². The summed E-state index contributed by atoms with van der Waals surface area (Å²) in [5.74, 6) is 0.247. The van der Waals surface area contributed by atoms with Crippen molar-refractivity contribution < 1.29 is 4.79 Å². The molecule has 0 spiro atoms. The van der Waals surface area contributed by atoms with Gasteiger partial charge in [-0.2, -0.15) is 0 Å². The second-order valence-corrected chi connectivity index (χ2v) is 10.2. The summed E-state index contributed by atoms with van der Waals surface area (Å²) in [6, 6.07) is 8.44. The van der Waals surface area contributed by atoms with Crippen molar-refractivity contribution in [1.82, 2.24) is 14.9 Å². The lowest BCUT2D eigenvalue weighted by molar-refractivity contribution is -0.119. The summed E-state index contributed by atoms with van der Waals surface area (Å²) >= 11 is 3.00. The molecule has 3 aromatic rings. The summed E-state index contributed by atoms with van der Waals surface area (Å²) in [6.45, 7) is 0. The smallest absolute Gasteiger partial charge is 0.262 e. The lowest BCUT2D eigenvalue weighted by atomic mass is 9.88. The number of aryl methyl sites for hydroxylation is 3. The number of hydrogen-bond acceptors (Lipinski definition) is 5. The zero-order chi connectivity index (χ0) is 20.7. The van der Waals surface area contributed by atoms with Crippen molar-refractivity contribution in [1.29, 1.82) is 0 Å². The number of aromatic nitrogens is 2. The maximum Gasteiger partial charge on any atom is 0.262 e. The van der Waals surface area contributed by atoms with Gasteiger partial charge in [0.15, 0.2) is 5.16 Å². The van der Waals surface area contributed by atoms with Crippen LogP contribution in [0, 0.1) is 0 Å². The molecule has 2 aliphatic rings. The molecule has 2 aliphatic carbocycles. The van der Waals surface area contributed by atoms with Crippen molar-refractivity contribution in [2.24, 2.45) is 7.05 Å². The molecule has 0 saturated heterocycles. The molecule has 0 aliphatic heterocycles. The lowest BCUT2D eigenvalue weighted by Gasteiger charge is -2.26. The summed E-state index contributed by atoms with van der Waals surface area (Å²) in [7, 11) is 1.76. The van der Waals surface area contributed by atoms with Gasteiger partial charge in [-0.15, -0.1) is 11.3 Å². The van der Waals surface area contributed by atoms with Gasteiger partial charge in [0.05, 0.1) is 17.2 Å². The maximum atomic E-state index is 13.0. The molecule has 5 rings (SSSR count). The van der Waals surface area contributed by atoms with Crippen LogP contribution in [0.3, 0.4) is 0 Å². The van der Waals surface area contributed by atoms with Crippen LogP contribution in [0.5, 0.6) is 0 Å². The molecule has 0 fully saturated rings. The average molecular weight is 440 g/mol. The van der Waals surface area contributed by atoms with E-state index in [2.05, 4.69) is 23.5 Å². The first-order chi connectivity index (χ1) is 14.6. The number of nitrogens with zero attached hydrogens (tertiary/aromatic N) is 2. The number of carbonyl (C=O) groups is 1. The van der Waals surface area contributed by atoms with Gasteiger partial charge in [0, 0.05) is 11.9 Å². The SMILES string of the molecule is Cn1c(SCC(=O)NC2CCCc3ccccc32)nc2sc3c(c2c1=O)CCCC3. The van der Waals surface area contributed by atoms with Gasteiger partial charge in [0.1, 0.15) is 4.83 Å². The molecule has 1 amide bonds. The molecule has 0 radical (unpaired) electrons. The number of rotatable bonds is 4. The predicted molar refractivity (Wildman–Crippen MR) is 122 cm³/mol. The largest absolute Gasteiger partial charge is 0.349 e. The number of hydrogen-bond donors (Lipinski definition) is 1. The molecule has 2 heterocycles. The Bertz CT molecular complexity index is 1180. The summed E-state index contributed by atoms with van der Waals surface area (Å²) in [5, 5.41) is 4.60. The van der Waals surface area contributed by atoms with Crippen LogP contribution in [0.25, 0.3) is 10.2 Å². The number of fused-ring (bicyclic) bond motifs is 4. The first kappa shape index (κ1) is 19.8. The fourth-order valence-corrected chi connectivity index (χ4v) is 6.75. The van der Waals surface area contributed by atoms with E-state index in [-0.39, 0.29) is 23.3 Å². The van der Waals surface area contributed by atoms with E-state index in [0.717, 1.165) is 48.7 Å². The van der Waals surface area contributed by atoms with Gasteiger partial charge in [-0.3, -0.25) is 14.2 Å². The minimum atomic E-state index is -0.0125. The monoisotopic (exact) mass is 439 g/mol. The number of benzene rings is 1. The molecule has 7 heteroatoms. The van der Waals surface area contributed by atoms with Gasteiger partial charge in [0.25, 0.3) is 5.56 Å². The highest BCUT2D eigenvalue weighted by molar-refractivity contribution is 7.99. The van der Waals surface area contributed by atoms with Gasteiger partial charge in [-0.05, 0) is 61.6 Å². The topological polar surface area (TPSA) is 64.0 Å². The zero-order valence-corrected chi connectivity index (χ0v) is 18.7. The Kier molecular flexibility index (Phi) is 5.41. The summed E-state index contributed by atoms with van der Waals surface area (Å²) in [5.41, 5.74) is 3.79. The van der Waals surface area contributed by atoms with Gasteiger partial charge in [0.2, 0.25) is 5.91 Å². The number of thioether (sulfide) groups is 1. The molecular formula is C23H25N3O2S2. The van der Waals surface area contributed by atoms with E-state index in [4.69, 9.17) is 4.98 Å². The number of amides is 1. The molecular weight excluding hydrogens is 414 g/mol. The highest BCUT2D eigenvalue weighted by Gasteiger charge is 2.23. The van der Waals surface area contributed by atoms with E-state index in [1.807, 2.05) is 6.07 Å². The molecule has 30 heavy (non-hydrogen) atoms. The van der Waals surface area contributed by atoms with E-state index < -0.39 is 0 Å². The van der Waals surface area contributed by atoms with Gasteiger partial charge in [-0.1, -0.05) is 36.0 Å². The fourth-order valence-electron chi connectivity index (χ4n) is 4.67. The van der Waals surface area contributed by atoms with Crippen molar-refractivity contribution in [2.75, 3.05) is 5.75 Å². The van der Waals surface area contributed by atoms with Crippen LogP contribution in [0.2, 0.25) is 0 Å². The van der Waals surface area contributed by atoms with Crippen molar-refractivity contribution in [2.45, 2.75) is 56.1 Å². The van der Waals surface area contributed by atoms with Crippen LogP contribution < -0.4 is 10.9 Å². The van der Waals surface area contributed by atoms with Gasteiger partial charge < -0.3 is 5.32 Å². The van der Waals surface area contributed by atoms with Crippen LogP contribution >= 0.6 is 23.1 Å². The van der Waals surface area contributed by atoms with Crippen LogP contribution in [0.1, 0.15) is 53.3 Å². The van der Waals surface area contributed by atoms with Crippen LogP contribution in [0.4, 0.5) is 0 Å². The second kappa shape index (κ2) is 8.19.